The third-order valence-electron chi connectivity index (χ3n) is 2.47. The molecule has 0 fully saturated rings. The predicted molar refractivity (Wildman–Crippen MR) is 78.3 cm³/mol. The van der Waals surface area contributed by atoms with Crippen molar-refractivity contribution in [2.24, 2.45) is 10.7 Å². The van der Waals surface area contributed by atoms with Gasteiger partial charge in [-0.15, -0.1) is 0 Å². The van der Waals surface area contributed by atoms with Crippen LogP contribution in [0.2, 0.25) is 0 Å². The first-order chi connectivity index (χ1) is 9.99. The Morgan fingerprint density at radius 1 is 1.48 bits per heavy atom. The van der Waals surface area contributed by atoms with Crippen LogP contribution in [0.15, 0.2) is 28.1 Å². The lowest BCUT2D eigenvalue weighted by Crippen LogP contribution is -2.10. The molecular formula is C13H12N2O5S. The van der Waals surface area contributed by atoms with Gasteiger partial charge < -0.3 is 20.3 Å². The number of carbonyl (C=O) groups excluding carboxylic acids is 1. The second-order valence-corrected chi connectivity index (χ2v) is 5.02. The fourth-order valence-electron chi connectivity index (χ4n) is 1.61. The van der Waals surface area contributed by atoms with E-state index >= 15 is 0 Å². The Balaban J connectivity index is 2.21. The third kappa shape index (κ3) is 3.76. The molecule has 1 amide bonds. The molecule has 1 aliphatic heterocycles. The van der Waals surface area contributed by atoms with Crippen molar-refractivity contribution in [1.29, 1.82) is 0 Å². The number of rotatable bonds is 5. The fourth-order valence-corrected chi connectivity index (χ4v) is 2.29. The Morgan fingerprint density at radius 3 is 2.81 bits per heavy atom. The minimum Gasteiger partial charge on any atom is -0.493 e. The summed E-state index contributed by atoms with van der Waals surface area (Å²) in [5.74, 6) is -0.787. The molecule has 0 unspecified atom stereocenters. The summed E-state index contributed by atoms with van der Waals surface area (Å²) in [5.41, 5.74) is 6.16. The summed E-state index contributed by atoms with van der Waals surface area (Å²) in [6.45, 7) is -0.463. The summed E-state index contributed by atoms with van der Waals surface area (Å²) in [7, 11) is 1.44. The minimum atomic E-state index is -1.08. The molecule has 110 valence electrons. The molecule has 3 N–H and O–H groups in total. The number of nitrogens with zero attached hydrogens (tertiary/aromatic N) is 1. The number of ether oxygens (including phenoxy) is 2. The van der Waals surface area contributed by atoms with Crippen LogP contribution in [0.25, 0.3) is 6.08 Å². The summed E-state index contributed by atoms with van der Waals surface area (Å²) >= 11 is 1.09. The number of carboxylic acids is 1. The van der Waals surface area contributed by atoms with E-state index in [-0.39, 0.29) is 11.1 Å². The molecule has 1 aromatic rings. The van der Waals surface area contributed by atoms with Crippen LogP contribution in [0, 0.1) is 0 Å². The SMILES string of the molecule is COc1cc(C=C2SC(N)=NC2=O)ccc1OCC(=O)O. The summed E-state index contributed by atoms with van der Waals surface area (Å²) in [5, 5.41) is 8.80. The van der Waals surface area contributed by atoms with Gasteiger partial charge in [0.15, 0.2) is 23.3 Å². The fraction of sp³-hybridized carbons (Fsp3) is 0.154. The van der Waals surface area contributed by atoms with Crippen LogP contribution in [-0.2, 0) is 9.59 Å². The highest BCUT2D eigenvalue weighted by atomic mass is 32.2. The van der Waals surface area contributed by atoms with Crippen LogP contribution in [0.3, 0.4) is 0 Å². The highest BCUT2D eigenvalue weighted by molar-refractivity contribution is 8.18. The number of aliphatic carboxylic acids is 1. The van der Waals surface area contributed by atoms with Crippen molar-refractivity contribution in [3.63, 3.8) is 0 Å². The second kappa shape index (κ2) is 6.31. The lowest BCUT2D eigenvalue weighted by Gasteiger charge is -2.09. The molecule has 0 radical (unpaired) electrons. The number of thioether (sulfide) groups is 1. The zero-order valence-electron chi connectivity index (χ0n) is 11.0. The van der Waals surface area contributed by atoms with Crippen LogP contribution in [0.5, 0.6) is 11.5 Å². The first-order valence-corrected chi connectivity index (χ1v) is 6.62. The summed E-state index contributed by atoms with van der Waals surface area (Å²) < 4.78 is 10.2. The van der Waals surface area contributed by atoms with Gasteiger partial charge in [-0.3, -0.25) is 4.79 Å². The van der Waals surface area contributed by atoms with Crippen molar-refractivity contribution in [2.45, 2.75) is 0 Å². The van der Waals surface area contributed by atoms with E-state index in [0.717, 1.165) is 11.8 Å². The molecule has 0 saturated heterocycles. The number of amides is 1. The molecule has 1 aromatic carbocycles. The Bertz CT molecular complexity index is 654. The van der Waals surface area contributed by atoms with Crippen LogP contribution < -0.4 is 15.2 Å². The molecule has 0 aliphatic carbocycles. The number of amidine groups is 1. The van der Waals surface area contributed by atoms with Gasteiger partial charge in [0.25, 0.3) is 5.91 Å². The third-order valence-corrected chi connectivity index (χ3v) is 3.29. The van der Waals surface area contributed by atoms with Gasteiger partial charge in [-0.05, 0) is 35.5 Å². The number of carboxylic acid groups (broad SMARTS) is 1. The number of nitrogens with two attached hydrogens (primary N) is 1. The zero-order chi connectivity index (χ0) is 15.4. The maximum atomic E-state index is 11.5. The maximum Gasteiger partial charge on any atom is 0.341 e. The largest absolute Gasteiger partial charge is 0.493 e. The lowest BCUT2D eigenvalue weighted by atomic mass is 10.2. The van der Waals surface area contributed by atoms with Crippen molar-refractivity contribution in [2.75, 3.05) is 13.7 Å². The van der Waals surface area contributed by atoms with E-state index in [4.69, 9.17) is 20.3 Å². The molecule has 2 rings (SSSR count). The van der Waals surface area contributed by atoms with E-state index in [1.54, 1.807) is 24.3 Å². The molecule has 0 atom stereocenters. The maximum absolute atomic E-state index is 11.5. The average molecular weight is 308 g/mol. The number of benzene rings is 1. The Kier molecular flexibility index (Phi) is 4.49. The van der Waals surface area contributed by atoms with E-state index in [1.807, 2.05) is 0 Å². The van der Waals surface area contributed by atoms with E-state index in [2.05, 4.69) is 4.99 Å². The minimum absolute atomic E-state index is 0.208. The highest BCUT2D eigenvalue weighted by Crippen LogP contribution is 2.31. The Hall–Kier alpha value is -2.48. The van der Waals surface area contributed by atoms with Gasteiger partial charge in [-0.2, -0.15) is 4.99 Å². The zero-order valence-corrected chi connectivity index (χ0v) is 11.8. The number of aliphatic imine (C=N–C) groups is 1. The van der Waals surface area contributed by atoms with E-state index in [9.17, 15) is 9.59 Å². The molecule has 1 aliphatic rings. The summed E-state index contributed by atoms with van der Waals surface area (Å²) in [6, 6.07) is 4.88. The quantitative estimate of drug-likeness (QED) is 0.783. The van der Waals surface area contributed by atoms with Crippen molar-refractivity contribution < 1.29 is 24.2 Å². The molecule has 0 spiro atoms. The number of methoxy groups -OCH3 is 1. The number of carbonyl (C=O) groups is 2. The van der Waals surface area contributed by atoms with Gasteiger partial charge in [-0.1, -0.05) is 6.07 Å². The summed E-state index contributed by atoms with van der Waals surface area (Å²) in [4.78, 5) is 26.0. The normalized spacial score (nSPS) is 16.0. The molecule has 0 saturated carbocycles. The Labute approximate surface area is 124 Å². The smallest absolute Gasteiger partial charge is 0.341 e. The van der Waals surface area contributed by atoms with Gasteiger partial charge in [-0.25, -0.2) is 4.79 Å². The standard InChI is InChI=1S/C13H12N2O5S/c1-19-9-4-7(2-3-8(9)20-6-11(16)17)5-10-12(18)15-13(14)21-10/h2-5H,6H2,1H3,(H,16,17)(H2,14,15,18). The molecule has 0 aromatic heterocycles. The Morgan fingerprint density at radius 2 is 2.24 bits per heavy atom. The lowest BCUT2D eigenvalue weighted by molar-refractivity contribution is -0.139. The highest BCUT2D eigenvalue weighted by Gasteiger charge is 2.19. The van der Waals surface area contributed by atoms with Crippen LogP contribution in [0.4, 0.5) is 0 Å². The van der Waals surface area contributed by atoms with Crippen molar-refractivity contribution in [3.05, 3.63) is 28.7 Å². The monoisotopic (exact) mass is 308 g/mol. The van der Waals surface area contributed by atoms with Gasteiger partial charge in [0.05, 0.1) is 12.0 Å². The van der Waals surface area contributed by atoms with Crippen LogP contribution in [0.1, 0.15) is 5.56 Å². The molecule has 7 nitrogen and oxygen atoms in total. The van der Waals surface area contributed by atoms with Gasteiger partial charge in [0, 0.05) is 0 Å². The molecule has 21 heavy (non-hydrogen) atoms. The number of hydrogen-bond acceptors (Lipinski definition) is 6. The van der Waals surface area contributed by atoms with E-state index in [0.29, 0.717) is 22.0 Å². The molecule has 0 bridgehead atoms. The van der Waals surface area contributed by atoms with Crippen molar-refractivity contribution in [1.82, 2.24) is 0 Å². The van der Waals surface area contributed by atoms with Crippen LogP contribution in [-0.4, -0.2) is 35.9 Å². The summed E-state index contributed by atoms with van der Waals surface area (Å²) in [6.07, 6.45) is 1.62. The van der Waals surface area contributed by atoms with Crippen molar-refractivity contribution >= 4 is 34.9 Å². The topological polar surface area (TPSA) is 111 Å². The van der Waals surface area contributed by atoms with Gasteiger partial charge in [0.1, 0.15) is 0 Å². The van der Waals surface area contributed by atoms with Gasteiger partial charge in [0.2, 0.25) is 0 Å². The van der Waals surface area contributed by atoms with E-state index < -0.39 is 12.6 Å². The van der Waals surface area contributed by atoms with Crippen molar-refractivity contribution in [3.8, 4) is 11.5 Å². The number of hydrogen-bond donors (Lipinski definition) is 2. The van der Waals surface area contributed by atoms with Crippen LogP contribution >= 0.6 is 11.8 Å². The first kappa shape index (κ1) is 14.9. The predicted octanol–water partition coefficient (Wildman–Crippen LogP) is 1.09. The van der Waals surface area contributed by atoms with E-state index in [1.165, 1.54) is 7.11 Å². The average Bonchev–Trinajstić information content (AvgIpc) is 2.75. The van der Waals surface area contributed by atoms with Gasteiger partial charge >= 0.3 is 5.97 Å². The molecule has 1 heterocycles. The second-order valence-electron chi connectivity index (χ2n) is 3.96. The first-order valence-electron chi connectivity index (χ1n) is 5.80. The molecule has 8 heteroatoms. The molecular weight excluding hydrogens is 296 g/mol.